The fraction of sp³-hybridized carbons (Fsp3) is 0.304. The van der Waals surface area contributed by atoms with Gasteiger partial charge < -0.3 is 31.4 Å². The van der Waals surface area contributed by atoms with E-state index in [0.29, 0.717) is 45.0 Å². The van der Waals surface area contributed by atoms with Crippen molar-refractivity contribution in [3.8, 4) is 0 Å². The Morgan fingerprint density at radius 1 is 1.15 bits per heavy atom. The average Bonchev–Trinajstić information content (AvgIpc) is 3.18. The summed E-state index contributed by atoms with van der Waals surface area (Å²) in [4.78, 5) is 51.2. The van der Waals surface area contributed by atoms with Gasteiger partial charge >= 0.3 is 12.0 Å². The van der Waals surface area contributed by atoms with E-state index in [1.54, 1.807) is 59.0 Å². The molecule has 1 aromatic carbocycles. The van der Waals surface area contributed by atoms with Gasteiger partial charge in [0, 0.05) is 28.8 Å². The van der Waals surface area contributed by atoms with E-state index in [1.807, 2.05) is 0 Å². The zero-order valence-electron chi connectivity index (χ0n) is 19.1. The summed E-state index contributed by atoms with van der Waals surface area (Å²) in [5, 5.41) is 8.00. The van der Waals surface area contributed by atoms with Gasteiger partial charge in [0.1, 0.15) is 12.0 Å². The number of aromatic amines is 1. The monoisotopic (exact) mass is 453 g/mol. The standard InChI is InChI=1S/C23H27N5O5/c1-11-16(27-17(29)9-18(30)33-23(3,4)5)10-25-20(11)12(2)19-14-8-13(26-22(24)32)6-7-15(14)28-21(19)31/h6-8,10,25H,9H2,1-5H3,(H,27,29)(H,28,31)(H3,24,26,32). The number of carbonyl (C=O) groups is 4. The van der Waals surface area contributed by atoms with Crippen LogP contribution < -0.4 is 21.7 Å². The maximum Gasteiger partial charge on any atom is 0.316 e. The number of nitrogens with one attached hydrogen (secondary N) is 4. The molecule has 3 rings (SSSR count). The fourth-order valence-corrected chi connectivity index (χ4v) is 3.60. The molecule has 0 radical (unpaired) electrons. The van der Waals surface area contributed by atoms with Crippen molar-refractivity contribution in [2.24, 2.45) is 5.73 Å². The van der Waals surface area contributed by atoms with Gasteiger partial charge in [-0.3, -0.25) is 14.4 Å². The minimum atomic E-state index is -0.707. The van der Waals surface area contributed by atoms with Gasteiger partial charge in [-0.25, -0.2) is 4.79 Å². The number of amides is 4. The topological polar surface area (TPSA) is 155 Å². The van der Waals surface area contributed by atoms with Crippen molar-refractivity contribution in [1.29, 1.82) is 0 Å². The van der Waals surface area contributed by atoms with E-state index in [1.165, 1.54) is 0 Å². The van der Waals surface area contributed by atoms with Crippen molar-refractivity contribution in [2.45, 2.75) is 46.6 Å². The number of anilines is 3. The van der Waals surface area contributed by atoms with Gasteiger partial charge in [-0.2, -0.15) is 0 Å². The highest BCUT2D eigenvalue weighted by atomic mass is 16.6. The molecule has 0 fully saturated rings. The highest BCUT2D eigenvalue weighted by Crippen LogP contribution is 2.39. The molecule has 0 aliphatic carbocycles. The molecular weight excluding hydrogens is 426 g/mol. The van der Waals surface area contributed by atoms with Gasteiger partial charge in [0.15, 0.2) is 0 Å². The van der Waals surface area contributed by atoms with E-state index in [4.69, 9.17) is 10.5 Å². The Bertz CT molecular complexity index is 1190. The number of nitrogens with two attached hydrogens (primary N) is 1. The highest BCUT2D eigenvalue weighted by Gasteiger charge is 2.28. The molecule has 174 valence electrons. The van der Waals surface area contributed by atoms with Crippen molar-refractivity contribution in [3.05, 3.63) is 41.2 Å². The maximum atomic E-state index is 12.7. The molecule has 0 saturated heterocycles. The third-order valence-electron chi connectivity index (χ3n) is 4.92. The van der Waals surface area contributed by atoms with Crippen molar-refractivity contribution in [1.82, 2.24) is 4.98 Å². The first-order valence-electron chi connectivity index (χ1n) is 10.3. The summed E-state index contributed by atoms with van der Waals surface area (Å²) in [6.07, 6.45) is 1.18. The summed E-state index contributed by atoms with van der Waals surface area (Å²) < 4.78 is 5.17. The largest absolute Gasteiger partial charge is 0.460 e. The second kappa shape index (κ2) is 8.81. The predicted molar refractivity (Wildman–Crippen MR) is 125 cm³/mol. The molecule has 33 heavy (non-hydrogen) atoms. The number of aromatic nitrogens is 1. The highest BCUT2D eigenvalue weighted by molar-refractivity contribution is 6.36. The number of urea groups is 1. The SMILES string of the molecule is CC(=C1C(=O)Nc2ccc(NC(N)=O)cc21)c1[nH]cc(NC(=O)CC(=O)OC(C)(C)C)c1C. The van der Waals surface area contributed by atoms with E-state index in [-0.39, 0.29) is 5.91 Å². The maximum absolute atomic E-state index is 12.7. The Labute approximate surface area is 190 Å². The molecule has 0 saturated carbocycles. The molecule has 4 amide bonds. The van der Waals surface area contributed by atoms with Crippen LogP contribution in [0.15, 0.2) is 24.4 Å². The molecule has 0 bridgehead atoms. The lowest BCUT2D eigenvalue weighted by atomic mass is 9.98. The molecule has 0 spiro atoms. The second-order valence-electron chi connectivity index (χ2n) is 8.72. The molecule has 1 aliphatic rings. The van der Waals surface area contributed by atoms with Crippen molar-refractivity contribution in [2.75, 3.05) is 16.0 Å². The van der Waals surface area contributed by atoms with E-state index in [0.717, 1.165) is 0 Å². The average molecular weight is 453 g/mol. The zero-order chi connectivity index (χ0) is 24.5. The van der Waals surface area contributed by atoms with Crippen molar-refractivity contribution in [3.63, 3.8) is 0 Å². The molecule has 2 heterocycles. The van der Waals surface area contributed by atoms with Crippen LogP contribution in [0, 0.1) is 6.92 Å². The minimum absolute atomic E-state index is 0.289. The molecular formula is C23H27N5O5. The van der Waals surface area contributed by atoms with Crippen LogP contribution in [-0.2, 0) is 19.1 Å². The van der Waals surface area contributed by atoms with Gasteiger partial charge in [-0.1, -0.05) is 0 Å². The molecule has 2 aromatic rings. The van der Waals surface area contributed by atoms with Crippen LogP contribution in [0.3, 0.4) is 0 Å². The predicted octanol–water partition coefficient (Wildman–Crippen LogP) is 3.37. The number of ether oxygens (including phenoxy) is 1. The van der Waals surface area contributed by atoms with E-state index < -0.39 is 29.9 Å². The molecule has 1 aliphatic heterocycles. The summed E-state index contributed by atoms with van der Waals surface area (Å²) in [5.74, 6) is -1.41. The number of hydrogen-bond donors (Lipinski definition) is 5. The molecule has 0 unspecified atom stereocenters. The first kappa shape index (κ1) is 23.6. The Morgan fingerprint density at radius 2 is 1.85 bits per heavy atom. The van der Waals surface area contributed by atoms with Gasteiger partial charge in [-0.05, 0) is 64.0 Å². The Kier molecular flexibility index (Phi) is 6.30. The normalized spacial score (nSPS) is 14.3. The van der Waals surface area contributed by atoms with Crippen LogP contribution in [0.5, 0.6) is 0 Å². The number of allylic oxidation sites excluding steroid dienone is 1. The quantitative estimate of drug-likeness (QED) is 0.267. The summed E-state index contributed by atoms with van der Waals surface area (Å²) in [7, 11) is 0. The number of primary amides is 1. The molecule has 10 nitrogen and oxygen atoms in total. The van der Waals surface area contributed by atoms with E-state index in [9.17, 15) is 19.2 Å². The summed E-state index contributed by atoms with van der Waals surface area (Å²) in [5.41, 5.74) is 9.11. The third kappa shape index (κ3) is 5.40. The van der Waals surface area contributed by atoms with Gasteiger partial charge in [0.25, 0.3) is 5.91 Å². The Morgan fingerprint density at radius 3 is 2.48 bits per heavy atom. The Balaban J connectivity index is 1.86. The molecule has 1 aromatic heterocycles. The van der Waals surface area contributed by atoms with E-state index >= 15 is 0 Å². The minimum Gasteiger partial charge on any atom is -0.460 e. The van der Waals surface area contributed by atoms with Crippen LogP contribution in [0.4, 0.5) is 21.9 Å². The number of rotatable bonds is 5. The molecule has 6 N–H and O–H groups in total. The summed E-state index contributed by atoms with van der Waals surface area (Å²) in [6, 6.07) is 4.28. The number of H-pyrrole nitrogens is 1. The summed E-state index contributed by atoms with van der Waals surface area (Å²) in [6.45, 7) is 8.75. The lowest BCUT2D eigenvalue weighted by Crippen LogP contribution is -2.27. The Hall–Kier alpha value is -4.08. The molecule has 0 atom stereocenters. The lowest BCUT2D eigenvalue weighted by Gasteiger charge is -2.19. The zero-order valence-corrected chi connectivity index (χ0v) is 19.1. The molecule has 10 heteroatoms. The fourth-order valence-electron chi connectivity index (χ4n) is 3.60. The smallest absolute Gasteiger partial charge is 0.316 e. The first-order chi connectivity index (χ1) is 15.4. The lowest BCUT2D eigenvalue weighted by molar-refractivity contribution is -0.155. The van der Waals surface area contributed by atoms with Crippen LogP contribution in [0.2, 0.25) is 0 Å². The van der Waals surface area contributed by atoms with Crippen LogP contribution in [0.1, 0.15) is 50.9 Å². The van der Waals surface area contributed by atoms with Gasteiger partial charge in [0.2, 0.25) is 5.91 Å². The van der Waals surface area contributed by atoms with Crippen molar-refractivity contribution < 1.29 is 23.9 Å². The van der Waals surface area contributed by atoms with Gasteiger partial charge in [-0.15, -0.1) is 0 Å². The number of benzene rings is 1. The van der Waals surface area contributed by atoms with Crippen LogP contribution in [-0.4, -0.2) is 34.4 Å². The number of carbonyl (C=O) groups excluding carboxylic acids is 4. The second-order valence-corrected chi connectivity index (χ2v) is 8.72. The van der Waals surface area contributed by atoms with Crippen LogP contribution in [0.25, 0.3) is 11.1 Å². The number of fused-ring (bicyclic) bond motifs is 1. The number of hydrogen-bond acceptors (Lipinski definition) is 5. The van der Waals surface area contributed by atoms with Crippen molar-refractivity contribution >= 4 is 52.0 Å². The van der Waals surface area contributed by atoms with Gasteiger partial charge in [0.05, 0.1) is 11.3 Å². The van der Waals surface area contributed by atoms with E-state index in [2.05, 4.69) is 20.9 Å². The third-order valence-corrected chi connectivity index (χ3v) is 4.92. The summed E-state index contributed by atoms with van der Waals surface area (Å²) >= 11 is 0. The number of esters is 1. The first-order valence-corrected chi connectivity index (χ1v) is 10.3. The van der Waals surface area contributed by atoms with Crippen LogP contribution >= 0.6 is 0 Å².